The Kier molecular flexibility index (Phi) is 5.15. The number of benzene rings is 1. The minimum atomic E-state index is -3.45. The maximum Gasteiger partial charge on any atom is 0.252 e. The van der Waals surface area contributed by atoms with E-state index in [-0.39, 0.29) is 16.7 Å². The molecule has 2 rings (SSSR count). The Labute approximate surface area is 139 Å². The van der Waals surface area contributed by atoms with Gasteiger partial charge in [-0.2, -0.15) is 5.26 Å². The van der Waals surface area contributed by atoms with Crippen LogP contribution in [0.1, 0.15) is 20.8 Å². The number of amides is 1. The first kappa shape index (κ1) is 17.1. The second kappa shape index (κ2) is 6.91. The standard InChI is InChI=1S/C15H15N3O3S2/c1-18(2)23(20,21)14-8-7-13(22-14)10-17-15(19)12-5-3-11(9-16)4-6-12/h3-8H,10H2,1-2H3,(H,17,19). The van der Waals surface area contributed by atoms with Gasteiger partial charge in [0.1, 0.15) is 4.21 Å². The Bertz CT molecular complexity index is 847. The number of hydrogen-bond donors (Lipinski definition) is 1. The summed E-state index contributed by atoms with van der Waals surface area (Å²) in [6.07, 6.45) is 0. The summed E-state index contributed by atoms with van der Waals surface area (Å²) in [5.41, 5.74) is 0.931. The molecule has 0 spiro atoms. The number of nitriles is 1. The average Bonchev–Trinajstić information content (AvgIpc) is 3.02. The second-order valence-corrected chi connectivity index (χ2v) is 8.43. The maximum atomic E-state index is 12.0. The van der Waals surface area contributed by atoms with Gasteiger partial charge in [-0.25, -0.2) is 12.7 Å². The molecule has 0 aliphatic heterocycles. The zero-order chi connectivity index (χ0) is 17.0. The van der Waals surface area contributed by atoms with Crippen LogP contribution in [0.2, 0.25) is 0 Å². The van der Waals surface area contributed by atoms with E-state index in [0.717, 1.165) is 20.5 Å². The van der Waals surface area contributed by atoms with Gasteiger partial charge in [0.05, 0.1) is 18.2 Å². The van der Waals surface area contributed by atoms with Crippen molar-refractivity contribution in [1.82, 2.24) is 9.62 Å². The van der Waals surface area contributed by atoms with E-state index in [1.54, 1.807) is 30.3 Å². The molecular weight excluding hydrogens is 334 g/mol. The molecule has 0 aliphatic carbocycles. The highest BCUT2D eigenvalue weighted by Crippen LogP contribution is 2.23. The van der Waals surface area contributed by atoms with Crippen molar-refractivity contribution in [1.29, 1.82) is 5.26 Å². The summed E-state index contributed by atoms with van der Waals surface area (Å²) in [4.78, 5) is 12.8. The maximum absolute atomic E-state index is 12.0. The van der Waals surface area contributed by atoms with E-state index in [2.05, 4.69) is 5.32 Å². The molecule has 0 aliphatic rings. The van der Waals surface area contributed by atoms with Crippen molar-refractivity contribution >= 4 is 27.3 Å². The fourth-order valence-corrected chi connectivity index (χ4v) is 4.20. The minimum Gasteiger partial charge on any atom is -0.347 e. The number of carbonyl (C=O) groups is 1. The van der Waals surface area contributed by atoms with Gasteiger partial charge < -0.3 is 5.32 Å². The van der Waals surface area contributed by atoms with E-state index in [0.29, 0.717) is 11.1 Å². The molecule has 6 nitrogen and oxygen atoms in total. The van der Waals surface area contributed by atoms with Crippen LogP contribution in [0, 0.1) is 11.3 Å². The monoisotopic (exact) mass is 349 g/mol. The van der Waals surface area contributed by atoms with Crippen molar-refractivity contribution in [3.63, 3.8) is 0 Å². The first-order valence-corrected chi connectivity index (χ1v) is 8.90. The SMILES string of the molecule is CN(C)S(=O)(=O)c1ccc(CNC(=O)c2ccc(C#N)cc2)s1. The molecule has 0 fully saturated rings. The summed E-state index contributed by atoms with van der Waals surface area (Å²) in [6, 6.07) is 11.5. The molecule has 0 atom stereocenters. The molecule has 1 aromatic heterocycles. The van der Waals surface area contributed by atoms with E-state index in [4.69, 9.17) is 5.26 Å². The molecule has 1 heterocycles. The van der Waals surface area contributed by atoms with Gasteiger partial charge in [0.15, 0.2) is 0 Å². The molecule has 23 heavy (non-hydrogen) atoms. The third-order valence-electron chi connectivity index (χ3n) is 3.07. The number of nitrogens with one attached hydrogen (secondary N) is 1. The van der Waals surface area contributed by atoms with Crippen LogP contribution in [0.3, 0.4) is 0 Å². The summed E-state index contributed by atoms with van der Waals surface area (Å²) < 4.78 is 25.4. The Hall–Kier alpha value is -2.21. The highest BCUT2D eigenvalue weighted by Gasteiger charge is 2.19. The number of sulfonamides is 1. The highest BCUT2D eigenvalue weighted by atomic mass is 32.2. The zero-order valence-corrected chi connectivity index (χ0v) is 14.2. The fourth-order valence-electron chi connectivity index (χ4n) is 1.74. The largest absolute Gasteiger partial charge is 0.347 e. The number of carbonyl (C=O) groups excluding carboxylic acids is 1. The van der Waals surface area contributed by atoms with Gasteiger partial charge in [-0.05, 0) is 36.4 Å². The lowest BCUT2D eigenvalue weighted by molar-refractivity contribution is 0.0951. The molecule has 1 amide bonds. The van der Waals surface area contributed by atoms with Gasteiger partial charge in [-0.15, -0.1) is 11.3 Å². The fraction of sp³-hybridized carbons (Fsp3) is 0.200. The molecule has 0 bridgehead atoms. The lowest BCUT2D eigenvalue weighted by Gasteiger charge is -2.08. The minimum absolute atomic E-state index is 0.241. The first-order chi connectivity index (χ1) is 10.8. The number of hydrogen-bond acceptors (Lipinski definition) is 5. The topological polar surface area (TPSA) is 90.3 Å². The Morgan fingerprint density at radius 2 is 1.87 bits per heavy atom. The van der Waals surface area contributed by atoms with E-state index < -0.39 is 10.0 Å². The van der Waals surface area contributed by atoms with Crippen LogP contribution in [-0.4, -0.2) is 32.7 Å². The van der Waals surface area contributed by atoms with Gasteiger partial charge in [0, 0.05) is 24.5 Å². The van der Waals surface area contributed by atoms with Crippen LogP contribution in [0.15, 0.2) is 40.6 Å². The molecule has 2 aromatic rings. The third-order valence-corrected chi connectivity index (χ3v) is 6.44. The zero-order valence-electron chi connectivity index (χ0n) is 12.6. The van der Waals surface area contributed by atoms with E-state index >= 15 is 0 Å². The molecular formula is C15H15N3O3S2. The quantitative estimate of drug-likeness (QED) is 0.891. The van der Waals surface area contributed by atoms with Crippen molar-refractivity contribution in [2.24, 2.45) is 0 Å². The van der Waals surface area contributed by atoms with Gasteiger partial charge >= 0.3 is 0 Å². The smallest absolute Gasteiger partial charge is 0.252 e. The van der Waals surface area contributed by atoms with E-state index in [1.807, 2.05) is 6.07 Å². The molecule has 120 valence electrons. The summed E-state index contributed by atoms with van der Waals surface area (Å²) in [6.45, 7) is 0.243. The molecule has 0 saturated carbocycles. The van der Waals surface area contributed by atoms with Crippen LogP contribution in [0.5, 0.6) is 0 Å². The molecule has 1 aromatic carbocycles. The van der Waals surface area contributed by atoms with Crippen molar-refractivity contribution < 1.29 is 13.2 Å². The lowest BCUT2D eigenvalue weighted by Crippen LogP contribution is -2.22. The first-order valence-electron chi connectivity index (χ1n) is 6.64. The molecule has 0 saturated heterocycles. The van der Waals surface area contributed by atoms with Crippen LogP contribution < -0.4 is 5.32 Å². The summed E-state index contributed by atoms with van der Waals surface area (Å²) in [7, 11) is -0.499. The van der Waals surface area contributed by atoms with Crippen LogP contribution in [0.25, 0.3) is 0 Å². The lowest BCUT2D eigenvalue weighted by atomic mass is 10.1. The van der Waals surface area contributed by atoms with Crippen molar-refractivity contribution in [3.8, 4) is 6.07 Å². The molecule has 0 radical (unpaired) electrons. The Morgan fingerprint density at radius 3 is 2.43 bits per heavy atom. The predicted octanol–water partition coefficient (Wildman–Crippen LogP) is 1.80. The predicted molar refractivity (Wildman–Crippen MR) is 87.5 cm³/mol. The summed E-state index contributed by atoms with van der Waals surface area (Å²) >= 11 is 1.12. The number of thiophene rings is 1. The Morgan fingerprint density at radius 1 is 1.22 bits per heavy atom. The highest BCUT2D eigenvalue weighted by molar-refractivity contribution is 7.91. The van der Waals surface area contributed by atoms with Crippen molar-refractivity contribution in [3.05, 3.63) is 52.4 Å². The third kappa shape index (κ3) is 3.96. The van der Waals surface area contributed by atoms with Crippen LogP contribution >= 0.6 is 11.3 Å². The Balaban J connectivity index is 2.02. The van der Waals surface area contributed by atoms with Crippen LogP contribution in [-0.2, 0) is 16.6 Å². The van der Waals surface area contributed by atoms with Gasteiger partial charge in [0.2, 0.25) is 0 Å². The van der Waals surface area contributed by atoms with Crippen molar-refractivity contribution in [2.45, 2.75) is 10.8 Å². The van der Waals surface area contributed by atoms with Gasteiger partial charge in [-0.3, -0.25) is 4.79 Å². The molecule has 8 heteroatoms. The van der Waals surface area contributed by atoms with Gasteiger partial charge in [-0.1, -0.05) is 0 Å². The van der Waals surface area contributed by atoms with Gasteiger partial charge in [0.25, 0.3) is 15.9 Å². The number of rotatable bonds is 5. The van der Waals surface area contributed by atoms with E-state index in [1.165, 1.54) is 20.2 Å². The average molecular weight is 349 g/mol. The normalized spacial score (nSPS) is 11.2. The van der Waals surface area contributed by atoms with Crippen molar-refractivity contribution in [2.75, 3.05) is 14.1 Å². The molecule has 0 unspecified atom stereocenters. The number of nitrogens with zero attached hydrogens (tertiary/aromatic N) is 2. The molecule has 1 N–H and O–H groups in total. The summed E-state index contributed by atoms with van der Waals surface area (Å²) in [5.74, 6) is -0.278. The second-order valence-electron chi connectivity index (χ2n) is 4.88. The van der Waals surface area contributed by atoms with E-state index in [9.17, 15) is 13.2 Å². The summed E-state index contributed by atoms with van der Waals surface area (Å²) in [5, 5.41) is 11.5. The van der Waals surface area contributed by atoms with Crippen LogP contribution in [0.4, 0.5) is 0 Å².